The fourth-order valence-electron chi connectivity index (χ4n) is 2.66. The Morgan fingerprint density at radius 3 is 2.65 bits per heavy atom. The molecule has 0 saturated heterocycles. The maximum atomic E-state index is 5.69. The summed E-state index contributed by atoms with van der Waals surface area (Å²) >= 11 is 1.78. The van der Waals surface area contributed by atoms with E-state index in [9.17, 15) is 0 Å². The van der Waals surface area contributed by atoms with Crippen LogP contribution in [0.1, 0.15) is 25.8 Å². The van der Waals surface area contributed by atoms with Crippen molar-refractivity contribution in [2.45, 2.75) is 39.3 Å². The van der Waals surface area contributed by atoms with E-state index in [2.05, 4.69) is 44.3 Å². The summed E-state index contributed by atoms with van der Waals surface area (Å²) in [7, 11) is 1.80. The first-order valence-corrected chi connectivity index (χ1v) is 8.08. The van der Waals surface area contributed by atoms with Crippen molar-refractivity contribution in [2.24, 2.45) is 5.92 Å². The molecule has 2 atom stereocenters. The Labute approximate surface area is 125 Å². The van der Waals surface area contributed by atoms with Gasteiger partial charge in [0.15, 0.2) is 0 Å². The molecule has 1 aromatic carbocycles. The van der Waals surface area contributed by atoms with Crippen LogP contribution in [-0.2, 0) is 11.2 Å². The number of methoxy groups -OCH3 is 1. The van der Waals surface area contributed by atoms with Crippen LogP contribution in [0.3, 0.4) is 0 Å². The normalized spacial score (nSPS) is 14.8. The van der Waals surface area contributed by atoms with E-state index in [0.29, 0.717) is 12.0 Å². The van der Waals surface area contributed by atoms with Crippen molar-refractivity contribution in [1.29, 1.82) is 0 Å². The summed E-state index contributed by atoms with van der Waals surface area (Å²) in [6, 6.07) is 8.63. The predicted molar refractivity (Wildman–Crippen MR) is 86.4 cm³/mol. The standard InChI is InChI=1S/C16H24N2OS/c1-5-17-13(16(19-4)11(2)3)10-15-18-12-8-6-7-9-14(12)20-15/h6-9,11,13,16-17H,5,10H2,1-4H3. The highest BCUT2D eigenvalue weighted by molar-refractivity contribution is 7.18. The van der Waals surface area contributed by atoms with Gasteiger partial charge in [0.2, 0.25) is 0 Å². The van der Waals surface area contributed by atoms with Crippen LogP contribution in [-0.4, -0.2) is 30.8 Å². The lowest BCUT2D eigenvalue weighted by molar-refractivity contribution is 0.0337. The molecule has 2 unspecified atom stereocenters. The van der Waals surface area contributed by atoms with Crippen LogP contribution in [0.5, 0.6) is 0 Å². The highest BCUT2D eigenvalue weighted by Gasteiger charge is 2.25. The number of likely N-dealkylation sites (N-methyl/N-ethyl adjacent to an activating group) is 1. The van der Waals surface area contributed by atoms with E-state index in [4.69, 9.17) is 9.72 Å². The minimum atomic E-state index is 0.210. The maximum absolute atomic E-state index is 5.69. The summed E-state index contributed by atoms with van der Waals surface area (Å²) in [5.41, 5.74) is 1.10. The third-order valence-corrected chi connectivity index (χ3v) is 4.58. The van der Waals surface area contributed by atoms with Crippen molar-refractivity contribution in [3.63, 3.8) is 0 Å². The van der Waals surface area contributed by atoms with Crippen LogP contribution in [0.2, 0.25) is 0 Å². The van der Waals surface area contributed by atoms with Gasteiger partial charge in [0.25, 0.3) is 0 Å². The first-order chi connectivity index (χ1) is 9.65. The van der Waals surface area contributed by atoms with E-state index in [1.807, 2.05) is 6.07 Å². The second-order valence-corrected chi connectivity index (χ2v) is 6.50. The molecule has 0 bridgehead atoms. The van der Waals surface area contributed by atoms with Crippen LogP contribution in [0, 0.1) is 5.92 Å². The lowest BCUT2D eigenvalue weighted by atomic mass is 9.97. The van der Waals surface area contributed by atoms with Crippen LogP contribution < -0.4 is 5.32 Å². The Kier molecular flexibility index (Phi) is 5.52. The molecule has 2 aromatic rings. The molecule has 1 N–H and O–H groups in total. The largest absolute Gasteiger partial charge is 0.380 e. The average Bonchev–Trinajstić information content (AvgIpc) is 2.81. The third kappa shape index (κ3) is 3.57. The summed E-state index contributed by atoms with van der Waals surface area (Å²) < 4.78 is 6.95. The molecule has 3 nitrogen and oxygen atoms in total. The molecule has 1 aromatic heterocycles. The van der Waals surface area contributed by atoms with E-state index in [-0.39, 0.29) is 6.10 Å². The number of hydrogen-bond acceptors (Lipinski definition) is 4. The van der Waals surface area contributed by atoms with Gasteiger partial charge in [-0.05, 0) is 24.6 Å². The van der Waals surface area contributed by atoms with Gasteiger partial charge in [-0.3, -0.25) is 0 Å². The number of thiazole rings is 1. The molecule has 1 heterocycles. The van der Waals surface area contributed by atoms with Crippen molar-refractivity contribution in [3.05, 3.63) is 29.3 Å². The molecule has 110 valence electrons. The average molecular weight is 292 g/mol. The van der Waals surface area contributed by atoms with E-state index in [0.717, 1.165) is 18.5 Å². The van der Waals surface area contributed by atoms with Crippen molar-refractivity contribution in [3.8, 4) is 0 Å². The molecule has 0 saturated carbocycles. The zero-order valence-electron chi connectivity index (χ0n) is 12.7. The van der Waals surface area contributed by atoms with E-state index in [1.54, 1.807) is 18.4 Å². The van der Waals surface area contributed by atoms with E-state index < -0.39 is 0 Å². The number of nitrogens with zero attached hydrogens (tertiary/aromatic N) is 1. The van der Waals surface area contributed by atoms with Crippen molar-refractivity contribution < 1.29 is 4.74 Å². The van der Waals surface area contributed by atoms with Gasteiger partial charge >= 0.3 is 0 Å². The van der Waals surface area contributed by atoms with Gasteiger partial charge < -0.3 is 10.1 Å². The number of hydrogen-bond donors (Lipinski definition) is 1. The van der Waals surface area contributed by atoms with Crippen LogP contribution in [0.25, 0.3) is 10.2 Å². The second kappa shape index (κ2) is 7.16. The number of rotatable bonds is 7. The third-order valence-electron chi connectivity index (χ3n) is 3.52. The molecule has 0 aliphatic heterocycles. The number of fused-ring (bicyclic) bond motifs is 1. The Balaban J connectivity index is 2.18. The smallest absolute Gasteiger partial charge is 0.0955 e. The molecular formula is C16H24N2OS. The predicted octanol–water partition coefficient (Wildman–Crippen LogP) is 3.49. The van der Waals surface area contributed by atoms with Gasteiger partial charge in [0.1, 0.15) is 0 Å². The Hall–Kier alpha value is -0.970. The van der Waals surface area contributed by atoms with Crippen LogP contribution in [0.4, 0.5) is 0 Å². The molecule has 0 amide bonds. The van der Waals surface area contributed by atoms with Crippen LogP contribution >= 0.6 is 11.3 Å². The Morgan fingerprint density at radius 2 is 2.05 bits per heavy atom. The zero-order valence-corrected chi connectivity index (χ0v) is 13.5. The molecule has 20 heavy (non-hydrogen) atoms. The molecule has 0 spiro atoms. The molecule has 2 rings (SSSR count). The lowest BCUT2D eigenvalue weighted by Crippen LogP contribution is -2.45. The first kappa shape index (κ1) is 15.4. The number of benzene rings is 1. The second-order valence-electron chi connectivity index (χ2n) is 5.39. The van der Waals surface area contributed by atoms with Gasteiger partial charge in [-0.15, -0.1) is 11.3 Å². The molecule has 0 radical (unpaired) electrons. The number of ether oxygens (including phenoxy) is 1. The van der Waals surface area contributed by atoms with Gasteiger partial charge in [0.05, 0.1) is 21.3 Å². The summed E-state index contributed by atoms with van der Waals surface area (Å²) in [6.07, 6.45) is 1.13. The molecule has 0 aliphatic rings. The topological polar surface area (TPSA) is 34.2 Å². The molecule has 0 fully saturated rings. The number of nitrogens with one attached hydrogen (secondary N) is 1. The monoisotopic (exact) mass is 292 g/mol. The van der Waals surface area contributed by atoms with Crippen molar-refractivity contribution in [1.82, 2.24) is 10.3 Å². The Morgan fingerprint density at radius 1 is 1.30 bits per heavy atom. The van der Waals surface area contributed by atoms with Crippen molar-refractivity contribution >= 4 is 21.6 Å². The summed E-state index contributed by atoms with van der Waals surface area (Å²) in [5, 5.41) is 4.73. The first-order valence-electron chi connectivity index (χ1n) is 7.26. The van der Waals surface area contributed by atoms with Gasteiger partial charge in [-0.25, -0.2) is 4.98 Å². The summed E-state index contributed by atoms with van der Waals surface area (Å²) in [4.78, 5) is 4.73. The zero-order chi connectivity index (χ0) is 14.5. The van der Waals surface area contributed by atoms with E-state index in [1.165, 1.54) is 9.71 Å². The van der Waals surface area contributed by atoms with Crippen molar-refractivity contribution in [2.75, 3.05) is 13.7 Å². The summed E-state index contributed by atoms with van der Waals surface area (Å²) in [5.74, 6) is 0.485. The minimum Gasteiger partial charge on any atom is -0.380 e. The Bertz CT molecular complexity index is 505. The molecule has 0 aliphatic carbocycles. The number of para-hydroxylation sites is 1. The van der Waals surface area contributed by atoms with E-state index >= 15 is 0 Å². The fraction of sp³-hybridized carbons (Fsp3) is 0.562. The van der Waals surface area contributed by atoms with Crippen LogP contribution in [0.15, 0.2) is 24.3 Å². The quantitative estimate of drug-likeness (QED) is 0.848. The van der Waals surface area contributed by atoms with Gasteiger partial charge in [-0.1, -0.05) is 32.9 Å². The van der Waals surface area contributed by atoms with Gasteiger partial charge in [-0.2, -0.15) is 0 Å². The van der Waals surface area contributed by atoms with Gasteiger partial charge in [0, 0.05) is 19.6 Å². The number of aromatic nitrogens is 1. The summed E-state index contributed by atoms with van der Waals surface area (Å²) in [6.45, 7) is 7.49. The maximum Gasteiger partial charge on any atom is 0.0955 e. The molecule has 4 heteroatoms. The highest BCUT2D eigenvalue weighted by Crippen LogP contribution is 2.24. The molecular weight excluding hydrogens is 268 g/mol. The lowest BCUT2D eigenvalue weighted by Gasteiger charge is -2.29. The SMILES string of the molecule is CCNC(Cc1nc2ccccc2s1)C(OC)C(C)C. The minimum absolute atomic E-state index is 0.210. The fourth-order valence-corrected chi connectivity index (χ4v) is 3.69. The highest BCUT2D eigenvalue weighted by atomic mass is 32.1.